The molecular weight excluding hydrogens is 262 g/mol. The molecule has 0 spiro atoms. The van der Waals surface area contributed by atoms with Crippen molar-refractivity contribution in [2.24, 2.45) is 5.16 Å². The summed E-state index contributed by atoms with van der Waals surface area (Å²) in [7, 11) is 2.65. The van der Waals surface area contributed by atoms with Gasteiger partial charge in [0.2, 0.25) is 5.76 Å². The van der Waals surface area contributed by atoms with E-state index in [4.69, 9.17) is 14.7 Å². The first-order valence-electron chi connectivity index (χ1n) is 5.82. The number of oxime groups is 1. The van der Waals surface area contributed by atoms with Crippen molar-refractivity contribution in [1.82, 2.24) is 0 Å². The maximum absolute atomic E-state index is 11.5. The largest absolute Gasteiger partial charge is 0.500 e. The normalized spacial score (nSPS) is 12.0. The lowest BCUT2D eigenvalue weighted by Gasteiger charge is -2.11. The predicted octanol–water partition coefficient (Wildman–Crippen LogP) is 2.23. The molecule has 0 heterocycles. The van der Waals surface area contributed by atoms with Gasteiger partial charge in [-0.25, -0.2) is 4.79 Å². The van der Waals surface area contributed by atoms with Crippen LogP contribution in [0.5, 0.6) is 5.75 Å². The van der Waals surface area contributed by atoms with Crippen molar-refractivity contribution in [2.45, 2.75) is 13.8 Å². The van der Waals surface area contributed by atoms with Crippen LogP contribution in [0.15, 0.2) is 35.4 Å². The first-order valence-corrected chi connectivity index (χ1v) is 5.82. The molecule has 0 aromatic heterocycles. The van der Waals surface area contributed by atoms with Crippen LogP contribution in [0, 0.1) is 6.92 Å². The minimum absolute atomic E-state index is 0.0751. The second kappa shape index (κ2) is 7.18. The average Bonchev–Trinajstić information content (AvgIpc) is 2.47. The van der Waals surface area contributed by atoms with E-state index in [1.165, 1.54) is 14.2 Å². The van der Waals surface area contributed by atoms with E-state index in [1.807, 2.05) is 6.92 Å². The molecule has 0 saturated carbocycles. The van der Waals surface area contributed by atoms with Crippen molar-refractivity contribution in [1.29, 1.82) is 0 Å². The zero-order valence-electron chi connectivity index (χ0n) is 11.8. The predicted molar refractivity (Wildman–Crippen MR) is 72.9 cm³/mol. The summed E-state index contributed by atoms with van der Waals surface area (Å²) in [6, 6.07) is 5.24. The van der Waals surface area contributed by atoms with Gasteiger partial charge in [-0.3, -0.25) is 0 Å². The minimum atomic E-state index is -0.649. The zero-order chi connectivity index (χ0) is 15.1. The molecule has 0 aliphatic rings. The lowest BCUT2D eigenvalue weighted by atomic mass is 10.1. The van der Waals surface area contributed by atoms with Crippen LogP contribution in [0.3, 0.4) is 0 Å². The average molecular weight is 279 g/mol. The molecule has 0 atom stereocenters. The summed E-state index contributed by atoms with van der Waals surface area (Å²) in [6.07, 6.45) is 1.16. The fraction of sp³-hybridized carbons (Fsp3) is 0.286. The third-order valence-corrected chi connectivity index (χ3v) is 2.59. The summed E-state index contributed by atoms with van der Waals surface area (Å²) in [5, 5.41) is 11.9. The number of methoxy groups -OCH3 is 2. The standard InChI is InChI=1S/C14H17NO5/c1-9-5-6-11(10(2)15-17)7-12(9)20-13(8-18-3)14(16)19-4/h5-8,17H,1-4H3/b13-8?,15-10+. The highest BCUT2D eigenvalue weighted by molar-refractivity contribution is 5.98. The van der Waals surface area contributed by atoms with Gasteiger partial charge in [-0.15, -0.1) is 0 Å². The van der Waals surface area contributed by atoms with Crippen LogP contribution in [-0.4, -0.2) is 31.1 Å². The topological polar surface area (TPSA) is 77.4 Å². The third-order valence-electron chi connectivity index (χ3n) is 2.59. The minimum Gasteiger partial charge on any atom is -0.500 e. The molecule has 0 radical (unpaired) electrons. The molecule has 0 bridgehead atoms. The van der Waals surface area contributed by atoms with Crippen molar-refractivity contribution in [2.75, 3.05) is 14.2 Å². The number of carbonyl (C=O) groups excluding carboxylic acids is 1. The number of hydrogen-bond acceptors (Lipinski definition) is 6. The number of nitrogens with zero attached hydrogens (tertiary/aromatic N) is 1. The van der Waals surface area contributed by atoms with Crippen molar-refractivity contribution in [3.05, 3.63) is 41.3 Å². The zero-order valence-corrected chi connectivity index (χ0v) is 11.8. The van der Waals surface area contributed by atoms with Gasteiger partial charge in [-0.1, -0.05) is 17.3 Å². The molecule has 6 nitrogen and oxygen atoms in total. The highest BCUT2D eigenvalue weighted by atomic mass is 16.6. The first-order chi connectivity index (χ1) is 9.53. The molecule has 0 saturated heterocycles. The molecule has 1 rings (SSSR count). The van der Waals surface area contributed by atoms with Gasteiger partial charge in [0.15, 0.2) is 0 Å². The molecule has 20 heavy (non-hydrogen) atoms. The van der Waals surface area contributed by atoms with Gasteiger partial charge in [-0.05, 0) is 25.5 Å². The van der Waals surface area contributed by atoms with Gasteiger partial charge in [0, 0.05) is 5.56 Å². The lowest BCUT2D eigenvalue weighted by molar-refractivity contribution is -0.138. The summed E-state index contributed by atoms with van der Waals surface area (Å²) < 4.78 is 14.9. The fourth-order valence-electron chi connectivity index (χ4n) is 1.43. The van der Waals surface area contributed by atoms with E-state index in [0.717, 1.165) is 11.8 Å². The molecule has 0 fully saturated rings. The van der Waals surface area contributed by atoms with Crippen molar-refractivity contribution in [3.63, 3.8) is 0 Å². The summed E-state index contributed by atoms with van der Waals surface area (Å²) in [5.41, 5.74) is 1.92. The Kier molecular flexibility index (Phi) is 5.58. The smallest absolute Gasteiger partial charge is 0.377 e. The Morgan fingerprint density at radius 1 is 1.35 bits per heavy atom. The van der Waals surface area contributed by atoms with E-state index in [2.05, 4.69) is 9.89 Å². The van der Waals surface area contributed by atoms with E-state index < -0.39 is 5.97 Å². The monoisotopic (exact) mass is 279 g/mol. The van der Waals surface area contributed by atoms with Gasteiger partial charge in [0.05, 0.1) is 19.9 Å². The van der Waals surface area contributed by atoms with Crippen LogP contribution in [0.25, 0.3) is 0 Å². The number of hydrogen-bond donors (Lipinski definition) is 1. The second-order valence-corrected chi connectivity index (χ2v) is 3.98. The van der Waals surface area contributed by atoms with Gasteiger partial charge < -0.3 is 19.4 Å². The maximum Gasteiger partial charge on any atom is 0.377 e. The second-order valence-electron chi connectivity index (χ2n) is 3.98. The fourth-order valence-corrected chi connectivity index (χ4v) is 1.43. The van der Waals surface area contributed by atoms with Crippen LogP contribution in [0.1, 0.15) is 18.1 Å². The highest BCUT2D eigenvalue weighted by Gasteiger charge is 2.15. The Bertz CT molecular complexity index is 548. The molecule has 1 N–H and O–H groups in total. The Labute approximate surface area is 117 Å². The molecule has 108 valence electrons. The van der Waals surface area contributed by atoms with E-state index in [-0.39, 0.29) is 5.76 Å². The molecular formula is C14H17NO5. The summed E-state index contributed by atoms with van der Waals surface area (Å²) >= 11 is 0. The SMILES string of the molecule is COC=C(Oc1cc(/C(C)=N/O)ccc1C)C(=O)OC. The van der Waals surface area contributed by atoms with Crippen LogP contribution in [0.4, 0.5) is 0 Å². The van der Waals surface area contributed by atoms with Crippen LogP contribution in [-0.2, 0) is 14.3 Å². The highest BCUT2D eigenvalue weighted by Crippen LogP contribution is 2.22. The Morgan fingerprint density at radius 2 is 2.05 bits per heavy atom. The number of carbonyl (C=O) groups is 1. The Balaban J connectivity index is 3.12. The maximum atomic E-state index is 11.5. The van der Waals surface area contributed by atoms with Gasteiger partial charge in [-0.2, -0.15) is 0 Å². The molecule has 1 aromatic rings. The van der Waals surface area contributed by atoms with Crippen molar-refractivity contribution >= 4 is 11.7 Å². The third kappa shape index (κ3) is 3.74. The van der Waals surface area contributed by atoms with E-state index in [0.29, 0.717) is 17.0 Å². The lowest BCUT2D eigenvalue weighted by Crippen LogP contribution is -2.12. The van der Waals surface area contributed by atoms with Gasteiger partial charge >= 0.3 is 5.97 Å². The van der Waals surface area contributed by atoms with E-state index in [1.54, 1.807) is 25.1 Å². The molecule has 0 amide bonds. The van der Waals surface area contributed by atoms with Crippen molar-refractivity contribution < 1.29 is 24.2 Å². The van der Waals surface area contributed by atoms with Gasteiger partial charge in [0.25, 0.3) is 0 Å². The Hall–Kier alpha value is -2.50. The van der Waals surface area contributed by atoms with Gasteiger partial charge in [0.1, 0.15) is 12.0 Å². The first kappa shape index (κ1) is 15.6. The van der Waals surface area contributed by atoms with Crippen LogP contribution in [0.2, 0.25) is 0 Å². The molecule has 1 aromatic carbocycles. The number of esters is 1. The summed E-state index contributed by atoms with van der Waals surface area (Å²) in [5.74, 6) is -0.280. The van der Waals surface area contributed by atoms with Crippen LogP contribution < -0.4 is 4.74 Å². The van der Waals surface area contributed by atoms with Crippen molar-refractivity contribution in [3.8, 4) is 5.75 Å². The molecule has 6 heteroatoms. The number of ether oxygens (including phenoxy) is 3. The number of aryl methyl sites for hydroxylation is 1. The van der Waals surface area contributed by atoms with E-state index >= 15 is 0 Å². The molecule has 0 aliphatic heterocycles. The van der Waals surface area contributed by atoms with Crippen LogP contribution >= 0.6 is 0 Å². The quantitative estimate of drug-likeness (QED) is 0.223. The Morgan fingerprint density at radius 3 is 2.60 bits per heavy atom. The molecule has 0 unspecified atom stereocenters. The molecule has 0 aliphatic carbocycles. The summed E-state index contributed by atoms with van der Waals surface area (Å²) in [4.78, 5) is 11.5. The summed E-state index contributed by atoms with van der Waals surface area (Å²) in [6.45, 7) is 3.48. The number of benzene rings is 1. The number of rotatable bonds is 5. The van der Waals surface area contributed by atoms with E-state index in [9.17, 15) is 4.79 Å².